The van der Waals surface area contributed by atoms with Crippen LogP contribution in [0.3, 0.4) is 0 Å². The zero-order chi connectivity index (χ0) is 22.9. The van der Waals surface area contributed by atoms with Crippen LogP contribution in [0.15, 0.2) is 85.3 Å². The molecule has 166 valence electrons. The maximum atomic E-state index is 13.3. The van der Waals surface area contributed by atoms with Crippen molar-refractivity contribution in [3.05, 3.63) is 96.7 Å². The van der Waals surface area contributed by atoms with Crippen LogP contribution in [0, 0.1) is 0 Å². The number of aryl methyl sites for hydroxylation is 2. The van der Waals surface area contributed by atoms with E-state index in [9.17, 15) is 4.79 Å². The lowest BCUT2D eigenvalue weighted by molar-refractivity contribution is 0.102. The summed E-state index contributed by atoms with van der Waals surface area (Å²) >= 11 is 0. The summed E-state index contributed by atoms with van der Waals surface area (Å²) in [6.07, 6.45) is 9.03. The highest BCUT2D eigenvalue weighted by atomic mass is 16.1. The molecular weight excluding hydrogens is 422 g/mol. The molecule has 0 unspecified atom stereocenters. The molecule has 6 heteroatoms. The average molecular weight is 446 g/mol. The van der Waals surface area contributed by atoms with Crippen molar-refractivity contribution in [3.8, 4) is 22.5 Å². The molecule has 1 aliphatic heterocycles. The van der Waals surface area contributed by atoms with Crippen molar-refractivity contribution in [3.63, 3.8) is 0 Å². The molecule has 0 saturated carbocycles. The standard InChI is InChI=1S/C28H23N5O/c34-28(23-17-25(20-12-14-29-15-13-20)31-24-6-2-1-5-22(23)24)30-21-10-8-19(9-11-21)26-18-33-16-4-3-7-27(33)32-26/h1-2,5-6,8-15,17-18H,3-4,7,16H2,(H,30,34). The minimum absolute atomic E-state index is 0.167. The molecule has 0 atom stereocenters. The number of nitrogens with one attached hydrogen (secondary N) is 1. The molecule has 5 aromatic rings. The van der Waals surface area contributed by atoms with Crippen molar-refractivity contribution < 1.29 is 4.79 Å². The first kappa shape index (κ1) is 20.3. The first-order valence-corrected chi connectivity index (χ1v) is 11.5. The Hall–Kier alpha value is -4.32. The molecule has 0 aliphatic carbocycles. The third kappa shape index (κ3) is 3.83. The van der Waals surface area contributed by atoms with E-state index in [0.717, 1.165) is 57.9 Å². The fourth-order valence-corrected chi connectivity index (χ4v) is 4.51. The number of amides is 1. The predicted molar refractivity (Wildman–Crippen MR) is 134 cm³/mol. The fraction of sp³-hybridized carbons (Fsp3) is 0.143. The maximum absolute atomic E-state index is 13.3. The molecule has 6 rings (SSSR count). The van der Waals surface area contributed by atoms with Gasteiger partial charge in [-0.3, -0.25) is 9.78 Å². The molecule has 0 radical (unpaired) electrons. The predicted octanol–water partition coefficient (Wildman–Crippen LogP) is 5.75. The first-order valence-electron chi connectivity index (χ1n) is 11.5. The average Bonchev–Trinajstić information content (AvgIpc) is 3.33. The van der Waals surface area contributed by atoms with Gasteiger partial charge in [-0.25, -0.2) is 9.97 Å². The lowest BCUT2D eigenvalue weighted by Gasteiger charge is -2.11. The number of hydrogen-bond acceptors (Lipinski definition) is 4. The summed E-state index contributed by atoms with van der Waals surface area (Å²) < 4.78 is 2.25. The number of para-hydroxylation sites is 1. The summed E-state index contributed by atoms with van der Waals surface area (Å²) in [5.74, 6) is 0.993. The number of carbonyl (C=O) groups is 1. The number of benzene rings is 2. The zero-order valence-corrected chi connectivity index (χ0v) is 18.6. The van der Waals surface area contributed by atoms with Gasteiger partial charge in [0.1, 0.15) is 5.82 Å². The Morgan fingerprint density at radius 3 is 2.47 bits per heavy atom. The molecule has 0 bridgehead atoms. The molecule has 1 N–H and O–H groups in total. The first-order chi connectivity index (χ1) is 16.7. The minimum atomic E-state index is -0.167. The molecule has 6 nitrogen and oxygen atoms in total. The Morgan fingerprint density at radius 1 is 0.853 bits per heavy atom. The second-order valence-electron chi connectivity index (χ2n) is 8.53. The van der Waals surface area contributed by atoms with E-state index < -0.39 is 0 Å². The van der Waals surface area contributed by atoms with Crippen LogP contribution in [0.4, 0.5) is 5.69 Å². The van der Waals surface area contributed by atoms with E-state index >= 15 is 0 Å². The van der Waals surface area contributed by atoms with Gasteiger partial charge in [-0.1, -0.05) is 30.3 Å². The minimum Gasteiger partial charge on any atom is -0.334 e. The monoisotopic (exact) mass is 445 g/mol. The van der Waals surface area contributed by atoms with Gasteiger partial charge < -0.3 is 9.88 Å². The van der Waals surface area contributed by atoms with Crippen molar-refractivity contribution in [1.82, 2.24) is 19.5 Å². The summed E-state index contributed by atoms with van der Waals surface area (Å²) in [4.78, 5) is 27.0. The van der Waals surface area contributed by atoms with Crippen LogP contribution in [0.5, 0.6) is 0 Å². The van der Waals surface area contributed by atoms with E-state index in [2.05, 4.69) is 21.1 Å². The van der Waals surface area contributed by atoms with E-state index in [1.807, 2.05) is 66.7 Å². The second kappa shape index (κ2) is 8.56. The highest BCUT2D eigenvalue weighted by molar-refractivity contribution is 6.13. The van der Waals surface area contributed by atoms with Gasteiger partial charge in [0.15, 0.2) is 0 Å². The quantitative estimate of drug-likeness (QED) is 0.382. The van der Waals surface area contributed by atoms with Crippen LogP contribution in [-0.4, -0.2) is 25.4 Å². The number of pyridine rings is 2. The van der Waals surface area contributed by atoms with Crippen molar-refractivity contribution in [2.24, 2.45) is 0 Å². The smallest absolute Gasteiger partial charge is 0.256 e. The third-order valence-corrected chi connectivity index (χ3v) is 6.28. The van der Waals surface area contributed by atoms with Crippen molar-refractivity contribution in [2.75, 3.05) is 5.32 Å². The third-order valence-electron chi connectivity index (χ3n) is 6.28. The Labute approximate surface area is 197 Å². The van der Waals surface area contributed by atoms with Crippen molar-refractivity contribution >= 4 is 22.5 Å². The number of hydrogen-bond donors (Lipinski definition) is 1. The maximum Gasteiger partial charge on any atom is 0.256 e. The molecule has 4 heterocycles. The van der Waals surface area contributed by atoms with E-state index in [-0.39, 0.29) is 5.91 Å². The molecule has 2 aromatic carbocycles. The molecule has 0 fully saturated rings. The number of nitrogens with zero attached hydrogens (tertiary/aromatic N) is 4. The number of rotatable bonds is 4. The lowest BCUT2D eigenvalue weighted by Crippen LogP contribution is -2.13. The van der Waals surface area contributed by atoms with E-state index in [0.29, 0.717) is 5.56 Å². The normalized spacial score (nSPS) is 12.9. The molecule has 3 aromatic heterocycles. The van der Waals surface area contributed by atoms with Crippen LogP contribution in [0.25, 0.3) is 33.4 Å². The van der Waals surface area contributed by atoms with Gasteiger partial charge in [0, 0.05) is 53.8 Å². The molecule has 1 aliphatic rings. The van der Waals surface area contributed by atoms with Crippen LogP contribution in [-0.2, 0) is 13.0 Å². The van der Waals surface area contributed by atoms with Gasteiger partial charge >= 0.3 is 0 Å². The van der Waals surface area contributed by atoms with Crippen LogP contribution < -0.4 is 5.32 Å². The van der Waals surface area contributed by atoms with Gasteiger partial charge in [-0.15, -0.1) is 0 Å². The summed E-state index contributed by atoms with van der Waals surface area (Å²) in [6.45, 7) is 1.04. The van der Waals surface area contributed by atoms with E-state index in [4.69, 9.17) is 9.97 Å². The van der Waals surface area contributed by atoms with Crippen LogP contribution in [0.1, 0.15) is 29.0 Å². The highest BCUT2D eigenvalue weighted by Crippen LogP contribution is 2.27. The summed E-state index contributed by atoms with van der Waals surface area (Å²) in [7, 11) is 0. The van der Waals surface area contributed by atoms with Gasteiger partial charge in [-0.2, -0.15) is 0 Å². The number of imidazole rings is 1. The SMILES string of the molecule is O=C(Nc1ccc(-c2cn3c(n2)CCCC3)cc1)c1cc(-c2ccncc2)nc2ccccc12. The number of carbonyl (C=O) groups excluding carboxylic acids is 1. The van der Waals surface area contributed by atoms with E-state index in [1.54, 1.807) is 12.4 Å². The fourth-order valence-electron chi connectivity index (χ4n) is 4.51. The van der Waals surface area contributed by atoms with Crippen molar-refractivity contribution in [1.29, 1.82) is 0 Å². The second-order valence-corrected chi connectivity index (χ2v) is 8.53. The summed E-state index contributed by atoms with van der Waals surface area (Å²) in [5.41, 5.74) is 5.80. The number of fused-ring (bicyclic) bond motifs is 2. The summed E-state index contributed by atoms with van der Waals surface area (Å²) in [5, 5.41) is 3.87. The number of aromatic nitrogens is 4. The molecule has 34 heavy (non-hydrogen) atoms. The molecule has 0 spiro atoms. The Balaban J connectivity index is 1.29. The van der Waals surface area contributed by atoms with Gasteiger partial charge in [0.25, 0.3) is 5.91 Å². The van der Waals surface area contributed by atoms with Crippen LogP contribution in [0.2, 0.25) is 0 Å². The van der Waals surface area contributed by atoms with Crippen LogP contribution >= 0.6 is 0 Å². The topological polar surface area (TPSA) is 72.7 Å². The van der Waals surface area contributed by atoms with Gasteiger partial charge in [-0.05, 0) is 49.2 Å². The van der Waals surface area contributed by atoms with Gasteiger partial charge in [0.2, 0.25) is 0 Å². The van der Waals surface area contributed by atoms with Gasteiger partial charge in [0.05, 0.1) is 22.5 Å². The Bertz CT molecular complexity index is 1470. The molecular formula is C28H23N5O. The zero-order valence-electron chi connectivity index (χ0n) is 18.6. The van der Waals surface area contributed by atoms with Crippen molar-refractivity contribution in [2.45, 2.75) is 25.8 Å². The highest BCUT2D eigenvalue weighted by Gasteiger charge is 2.16. The lowest BCUT2D eigenvalue weighted by atomic mass is 10.0. The molecule has 0 saturated heterocycles. The van der Waals surface area contributed by atoms with E-state index in [1.165, 1.54) is 12.8 Å². The largest absolute Gasteiger partial charge is 0.334 e. The Morgan fingerprint density at radius 2 is 1.65 bits per heavy atom. The Kier molecular flexibility index (Phi) is 5.11. The number of anilines is 1. The molecule has 1 amide bonds. The summed E-state index contributed by atoms with van der Waals surface area (Å²) in [6, 6.07) is 21.2.